The number of halogens is 1. The summed E-state index contributed by atoms with van der Waals surface area (Å²) in [5, 5.41) is 0.0119. The summed E-state index contributed by atoms with van der Waals surface area (Å²) in [5.41, 5.74) is -0.0232. The van der Waals surface area contributed by atoms with Gasteiger partial charge in [0.25, 0.3) is 11.5 Å². The van der Waals surface area contributed by atoms with Crippen molar-refractivity contribution in [3.63, 3.8) is 0 Å². The summed E-state index contributed by atoms with van der Waals surface area (Å²) >= 11 is 5.76. The highest BCUT2D eigenvalue weighted by Gasteiger charge is 2.25. The van der Waals surface area contributed by atoms with Crippen LogP contribution in [0.4, 0.5) is 0 Å². The molecule has 0 bridgehead atoms. The first-order chi connectivity index (χ1) is 11.1. The van der Waals surface area contributed by atoms with Crippen LogP contribution in [-0.4, -0.2) is 45.0 Å². The van der Waals surface area contributed by atoms with Gasteiger partial charge in [-0.15, -0.1) is 0 Å². The van der Waals surface area contributed by atoms with E-state index in [9.17, 15) is 9.59 Å². The zero-order valence-electron chi connectivity index (χ0n) is 12.2. The van der Waals surface area contributed by atoms with Gasteiger partial charge in [-0.05, 0) is 6.07 Å². The number of aromatic nitrogens is 3. The number of nitrogens with zero attached hydrogens (tertiary/aromatic N) is 3. The Morgan fingerprint density at radius 2 is 2.17 bits per heavy atom. The van der Waals surface area contributed by atoms with Gasteiger partial charge in [-0.25, -0.2) is 9.97 Å². The molecule has 1 N–H and O–H groups in total. The van der Waals surface area contributed by atoms with Crippen molar-refractivity contribution in [1.29, 1.82) is 0 Å². The molecule has 23 heavy (non-hydrogen) atoms. The highest BCUT2D eigenvalue weighted by molar-refractivity contribution is 6.30. The van der Waals surface area contributed by atoms with Crippen LogP contribution in [0.15, 0.2) is 35.6 Å². The normalized spacial score (nSPS) is 15.4. The van der Waals surface area contributed by atoms with E-state index in [4.69, 9.17) is 16.3 Å². The third-order valence-corrected chi connectivity index (χ3v) is 3.96. The fourth-order valence-electron chi connectivity index (χ4n) is 2.46. The fourth-order valence-corrected chi connectivity index (χ4v) is 2.63. The Morgan fingerprint density at radius 1 is 1.39 bits per heavy atom. The Balaban J connectivity index is 1.59. The highest BCUT2D eigenvalue weighted by atomic mass is 35.5. The summed E-state index contributed by atoms with van der Waals surface area (Å²) in [7, 11) is 0. The van der Waals surface area contributed by atoms with Crippen molar-refractivity contribution in [2.75, 3.05) is 13.1 Å². The van der Waals surface area contributed by atoms with Crippen LogP contribution in [0.25, 0.3) is 0 Å². The lowest BCUT2D eigenvalue weighted by Gasteiger charge is -2.31. The summed E-state index contributed by atoms with van der Waals surface area (Å²) < 4.78 is 5.77. The Bertz CT molecular complexity index is 742. The van der Waals surface area contributed by atoms with Crippen LogP contribution in [0.1, 0.15) is 23.2 Å². The van der Waals surface area contributed by atoms with Gasteiger partial charge in [-0.2, -0.15) is 0 Å². The fraction of sp³-hybridized carbons (Fsp3) is 0.333. The van der Waals surface area contributed by atoms with E-state index in [0.717, 1.165) is 0 Å². The molecule has 1 fully saturated rings. The minimum Gasteiger partial charge on any atom is -0.474 e. The lowest BCUT2D eigenvalue weighted by molar-refractivity contribution is 0.0587. The van der Waals surface area contributed by atoms with Gasteiger partial charge < -0.3 is 14.6 Å². The molecule has 0 atom stereocenters. The molecule has 1 aliphatic rings. The van der Waals surface area contributed by atoms with Gasteiger partial charge >= 0.3 is 0 Å². The van der Waals surface area contributed by atoms with Crippen LogP contribution < -0.4 is 10.3 Å². The number of nitrogens with one attached hydrogen (secondary N) is 1. The summed E-state index contributed by atoms with van der Waals surface area (Å²) in [4.78, 5) is 35.7. The summed E-state index contributed by atoms with van der Waals surface area (Å²) in [6, 6.07) is 3.10. The minimum absolute atomic E-state index is 0.0119. The smallest absolute Gasteiger partial charge is 0.266 e. The van der Waals surface area contributed by atoms with Gasteiger partial charge in [-0.3, -0.25) is 9.59 Å². The van der Waals surface area contributed by atoms with E-state index in [1.807, 2.05) is 0 Å². The molecule has 0 saturated carbocycles. The maximum absolute atomic E-state index is 12.4. The molecular weight excluding hydrogens is 320 g/mol. The van der Waals surface area contributed by atoms with E-state index >= 15 is 0 Å². The first-order valence-electron chi connectivity index (χ1n) is 7.23. The second-order valence-electron chi connectivity index (χ2n) is 5.22. The van der Waals surface area contributed by atoms with Crippen LogP contribution in [0.3, 0.4) is 0 Å². The number of hydrogen-bond acceptors (Lipinski definition) is 5. The Hall–Kier alpha value is -2.41. The molecule has 8 heteroatoms. The van der Waals surface area contributed by atoms with E-state index in [1.54, 1.807) is 17.2 Å². The van der Waals surface area contributed by atoms with E-state index in [-0.39, 0.29) is 17.0 Å². The number of carbonyl (C=O) groups is 1. The number of rotatable bonds is 3. The first-order valence-corrected chi connectivity index (χ1v) is 7.61. The highest BCUT2D eigenvalue weighted by Crippen LogP contribution is 2.18. The number of likely N-dealkylation sites (tertiary alicyclic amines) is 1. The summed E-state index contributed by atoms with van der Waals surface area (Å²) in [6.45, 7) is 1.15. The topological polar surface area (TPSA) is 88.2 Å². The van der Waals surface area contributed by atoms with Crippen LogP contribution in [0, 0.1) is 0 Å². The number of pyridine rings is 1. The molecule has 0 unspecified atom stereocenters. The second kappa shape index (κ2) is 6.78. The van der Waals surface area contributed by atoms with Crippen molar-refractivity contribution < 1.29 is 9.53 Å². The lowest BCUT2D eigenvalue weighted by Crippen LogP contribution is -2.42. The average Bonchev–Trinajstić information content (AvgIpc) is 2.58. The van der Waals surface area contributed by atoms with Gasteiger partial charge in [0.1, 0.15) is 17.5 Å². The minimum atomic E-state index is -0.403. The lowest BCUT2D eigenvalue weighted by atomic mass is 10.1. The first kappa shape index (κ1) is 15.5. The average molecular weight is 335 g/mol. The number of aromatic amines is 1. The Morgan fingerprint density at radius 3 is 2.83 bits per heavy atom. The van der Waals surface area contributed by atoms with Crippen LogP contribution in [0.5, 0.6) is 5.88 Å². The standard InChI is InChI=1S/C15H15ClN4O3/c16-12-7-10(8-18-14(12)21)15(22)20-5-2-11(3-6-20)23-13-1-4-17-9-19-13/h1,4,7-9,11H,2-3,5-6H2,(H,18,21). The molecule has 0 aromatic carbocycles. The van der Waals surface area contributed by atoms with E-state index in [0.29, 0.717) is 37.4 Å². The molecule has 1 amide bonds. The van der Waals surface area contributed by atoms with Crippen molar-refractivity contribution in [2.24, 2.45) is 0 Å². The van der Waals surface area contributed by atoms with E-state index in [1.165, 1.54) is 18.6 Å². The Labute approximate surface area is 137 Å². The quantitative estimate of drug-likeness (QED) is 0.919. The zero-order chi connectivity index (χ0) is 16.2. The van der Waals surface area contributed by atoms with Crippen LogP contribution >= 0.6 is 11.6 Å². The molecule has 0 aliphatic carbocycles. The molecule has 3 heterocycles. The number of piperidine rings is 1. The van der Waals surface area contributed by atoms with Gasteiger partial charge in [0.2, 0.25) is 5.88 Å². The van der Waals surface area contributed by atoms with Gasteiger partial charge in [0.05, 0.1) is 5.56 Å². The number of hydrogen-bond donors (Lipinski definition) is 1. The molecule has 2 aromatic heterocycles. The maximum atomic E-state index is 12.4. The predicted octanol–water partition coefficient (Wildman–Crippen LogP) is 1.50. The molecular formula is C15H15ClN4O3. The molecule has 2 aromatic rings. The van der Waals surface area contributed by atoms with Crippen molar-refractivity contribution in [3.05, 3.63) is 51.8 Å². The Kier molecular flexibility index (Phi) is 4.57. The number of carbonyl (C=O) groups excluding carboxylic acids is 1. The molecule has 7 nitrogen and oxygen atoms in total. The van der Waals surface area contributed by atoms with Crippen LogP contribution in [0.2, 0.25) is 5.02 Å². The largest absolute Gasteiger partial charge is 0.474 e. The molecule has 120 valence electrons. The molecule has 1 aliphatic heterocycles. The monoisotopic (exact) mass is 334 g/mol. The van der Waals surface area contributed by atoms with Gasteiger partial charge in [0, 0.05) is 44.4 Å². The van der Waals surface area contributed by atoms with E-state index < -0.39 is 5.56 Å². The van der Waals surface area contributed by atoms with E-state index in [2.05, 4.69) is 15.0 Å². The summed E-state index contributed by atoms with van der Waals surface area (Å²) in [5.74, 6) is 0.390. The maximum Gasteiger partial charge on any atom is 0.266 e. The van der Waals surface area contributed by atoms with Gasteiger partial charge in [0.15, 0.2) is 0 Å². The van der Waals surface area contributed by atoms with Gasteiger partial charge in [-0.1, -0.05) is 11.6 Å². The number of H-pyrrole nitrogens is 1. The molecule has 0 radical (unpaired) electrons. The summed E-state index contributed by atoms with van der Waals surface area (Å²) in [6.07, 6.45) is 5.90. The molecule has 3 rings (SSSR count). The third-order valence-electron chi connectivity index (χ3n) is 3.68. The van der Waals surface area contributed by atoms with Crippen molar-refractivity contribution >= 4 is 17.5 Å². The van der Waals surface area contributed by atoms with Crippen molar-refractivity contribution in [1.82, 2.24) is 19.9 Å². The van der Waals surface area contributed by atoms with Crippen LogP contribution in [-0.2, 0) is 0 Å². The molecule has 1 saturated heterocycles. The SMILES string of the molecule is O=C(c1c[nH]c(=O)c(Cl)c1)N1CCC(Oc2ccncn2)CC1. The second-order valence-corrected chi connectivity index (χ2v) is 5.63. The number of ether oxygens (including phenoxy) is 1. The van der Waals surface area contributed by atoms with Crippen molar-refractivity contribution in [3.8, 4) is 5.88 Å². The third kappa shape index (κ3) is 3.68. The predicted molar refractivity (Wildman–Crippen MR) is 83.7 cm³/mol. The molecule has 0 spiro atoms. The number of amides is 1. The van der Waals surface area contributed by atoms with Crippen molar-refractivity contribution in [2.45, 2.75) is 18.9 Å². The zero-order valence-corrected chi connectivity index (χ0v) is 13.0.